The van der Waals surface area contributed by atoms with Crippen LogP contribution in [0.1, 0.15) is 16.7 Å². The molecule has 0 unspecified atom stereocenters. The Morgan fingerprint density at radius 1 is 1.06 bits per heavy atom. The van der Waals surface area contributed by atoms with Gasteiger partial charge < -0.3 is 9.47 Å². The first kappa shape index (κ1) is 22.6. The number of carbonyl (C=O) groups is 1. The summed E-state index contributed by atoms with van der Waals surface area (Å²) < 4.78 is 13.3. The van der Waals surface area contributed by atoms with Crippen LogP contribution in [-0.2, 0) is 24.7 Å². The van der Waals surface area contributed by atoms with Crippen molar-refractivity contribution in [3.8, 4) is 28.5 Å². The molecule has 0 fully saturated rings. The summed E-state index contributed by atoms with van der Waals surface area (Å²) in [5.41, 5.74) is 4.36. The van der Waals surface area contributed by atoms with Gasteiger partial charge in [-0.25, -0.2) is 0 Å². The second-order valence-corrected chi connectivity index (χ2v) is 8.22. The van der Waals surface area contributed by atoms with Crippen LogP contribution in [0.3, 0.4) is 0 Å². The fraction of sp³-hybridized carbons (Fsp3) is 0.192. The zero-order chi connectivity index (χ0) is 23.4. The van der Waals surface area contributed by atoms with Gasteiger partial charge in [-0.3, -0.25) is 14.5 Å². The highest BCUT2D eigenvalue weighted by Gasteiger charge is 2.16. The molecule has 2 heterocycles. The molecule has 168 valence electrons. The van der Waals surface area contributed by atoms with Crippen LogP contribution in [0, 0.1) is 6.92 Å². The molecule has 0 aliphatic rings. The minimum Gasteiger partial charge on any atom is -0.491 e. The van der Waals surface area contributed by atoms with E-state index in [9.17, 15) is 4.79 Å². The summed E-state index contributed by atoms with van der Waals surface area (Å²) in [6, 6.07) is 14.9. The van der Waals surface area contributed by atoms with Gasteiger partial charge in [-0.2, -0.15) is 5.10 Å². The van der Waals surface area contributed by atoms with Crippen molar-refractivity contribution in [3.05, 3.63) is 88.8 Å². The van der Waals surface area contributed by atoms with E-state index >= 15 is 0 Å². The number of aromatic nitrogens is 3. The molecule has 2 aromatic carbocycles. The number of aryl methyl sites for hydroxylation is 2. The molecule has 0 spiro atoms. The lowest BCUT2D eigenvalue weighted by atomic mass is 10.0. The predicted octanol–water partition coefficient (Wildman–Crippen LogP) is 5.60. The lowest BCUT2D eigenvalue weighted by Gasteiger charge is -2.13. The number of Topliss-reactive ketones (excluding diaryl/α,β-unsaturated/α-hetero) is 1. The molecule has 0 amide bonds. The van der Waals surface area contributed by atoms with E-state index in [2.05, 4.69) is 10.1 Å². The molecule has 0 atom stereocenters. The molecule has 0 aliphatic heterocycles. The van der Waals surface area contributed by atoms with E-state index in [0.29, 0.717) is 40.8 Å². The second kappa shape index (κ2) is 9.88. The van der Waals surface area contributed by atoms with Crippen molar-refractivity contribution >= 4 is 17.4 Å². The van der Waals surface area contributed by atoms with Gasteiger partial charge in [-0.1, -0.05) is 35.9 Å². The number of rotatable bonds is 8. The van der Waals surface area contributed by atoms with Crippen molar-refractivity contribution in [3.63, 3.8) is 0 Å². The molecule has 0 saturated carbocycles. The van der Waals surface area contributed by atoms with Gasteiger partial charge in [-0.05, 0) is 41.8 Å². The fourth-order valence-corrected chi connectivity index (χ4v) is 3.71. The number of hydrogen-bond acceptors (Lipinski definition) is 5. The Hall–Kier alpha value is -3.64. The van der Waals surface area contributed by atoms with Crippen molar-refractivity contribution in [2.45, 2.75) is 19.8 Å². The van der Waals surface area contributed by atoms with E-state index in [0.717, 1.165) is 22.3 Å². The summed E-state index contributed by atoms with van der Waals surface area (Å²) in [4.78, 5) is 16.9. The summed E-state index contributed by atoms with van der Waals surface area (Å²) in [6.45, 7) is 1.94. The van der Waals surface area contributed by atoms with Crippen molar-refractivity contribution in [2.75, 3.05) is 7.11 Å². The van der Waals surface area contributed by atoms with Gasteiger partial charge in [0.2, 0.25) is 0 Å². The summed E-state index contributed by atoms with van der Waals surface area (Å²) in [6.07, 6.45) is 6.00. The van der Waals surface area contributed by atoms with Crippen LogP contribution >= 0.6 is 11.6 Å². The highest BCUT2D eigenvalue weighted by molar-refractivity contribution is 6.31. The van der Waals surface area contributed by atoms with Crippen LogP contribution in [0.5, 0.6) is 17.2 Å². The summed E-state index contributed by atoms with van der Waals surface area (Å²) in [5.74, 6) is 1.86. The predicted molar refractivity (Wildman–Crippen MR) is 128 cm³/mol. The standard InChI is InChI=1S/C26H24ClN3O3/c1-17-12-19(6-9-23(17)27)14-21(31)13-18-4-7-22(8-5-18)33-24-10-11-28-25(26(24)32-3)20-15-29-30(2)16-20/h4-12,15-16H,13-14H2,1-3H3. The van der Waals surface area contributed by atoms with Crippen LogP contribution in [0.15, 0.2) is 67.1 Å². The number of pyridine rings is 1. The largest absolute Gasteiger partial charge is 0.491 e. The van der Waals surface area contributed by atoms with Gasteiger partial charge in [-0.15, -0.1) is 0 Å². The Kier molecular flexibility index (Phi) is 6.75. The molecule has 4 aromatic rings. The van der Waals surface area contributed by atoms with E-state index in [1.54, 1.807) is 30.3 Å². The summed E-state index contributed by atoms with van der Waals surface area (Å²) in [5, 5.41) is 4.91. The molecule has 0 N–H and O–H groups in total. The third-order valence-electron chi connectivity index (χ3n) is 5.23. The monoisotopic (exact) mass is 461 g/mol. The number of ether oxygens (including phenoxy) is 2. The zero-order valence-corrected chi connectivity index (χ0v) is 19.5. The average molecular weight is 462 g/mol. The first-order valence-corrected chi connectivity index (χ1v) is 10.9. The quantitative estimate of drug-likeness (QED) is 0.341. The van der Waals surface area contributed by atoms with E-state index in [1.807, 2.05) is 62.6 Å². The topological polar surface area (TPSA) is 66.2 Å². The van der Waals surface area contributed by atoms with Crippen LogP contribution < -0.4 is 9.47 Å². The maximum absolute atomic E-state index is 12.5. The Balaban J connectivity index is 1.44. The van der Waals surface area contributed by atoms with E-state index < -0.39 is 0 Å². The minimum absolute atomic E-state index is 0.141. The minimum atomic E-state index is 0.141. The number of methoxy groups -OCH3 is 1. The van der Waals surface area contributed by atoms with Gasteiger partial charge in [0.25, 0.3) is 0 Å². The van der Waals surface area contributed by atoms with E-state index in [4.69, 9.17) is 21.1 Å². The second-order valence-electron chi connectivity index (χ2n) is 7.82. The summed E-state index contributed by atoms with van der Waals surface area (Å²) >= 11 is 6.07. The Morgan fingerprint density at radius 2 is 1.79 bits per heavy atom. The number of ketones is 1. The average Bonchev–Trinajstić information content (AvgIpc) is 3.23. The number of benzene rings is 2. The van der Waals surface area contributed by atoms with Crippen molar-refractivity contribution in [1.82, 2.24) is 14.8 Å². The molecule has 0 bridgehead atoms. The zero-order valence-electron chi connectivity index (χ0n) is 18.7. The molecule has 7 heteroatoms. The van der Waals surface area contributed by atoms with Crippen LogP contribution in [0.4, 0.5) is 0 Å². The maximum atomic E-state index is 12.5. The van der Waals surface area contributed by atoms with Crippen molar-refractivity contribution in [2.24, 2.45) is 7.05 Å². The van der Waals surface area contributed by atoms with Gasteiger partial charge in [0.05, 0.1) is 13.3 Å². The highest BCUT2D eigenvalue weighted by Crippen LogP contribution is 2.38. The summed E-state index contributed by atoms with van der Waals surface area (Å²) in [7, 11) is 3.43. The molecular weight excluding hydrogens is 438 g/mol. The number of hydrogen-bond donors (Lipinski definition) is 0. The van der Waals surface area contributed by atoms with Crippen molar-refractivity contribution < 1.29 is 14.3 Å². The third kappa shape index (κ3) is 5.41. The lowest BCUT2D eigenvalue weighted by Crippen LogP contribution is -2.06. The number of halogens is 1. The Morgan fingerprint density at radius 3 is 2.45 bits per heavy atom. The maximum Gasteiger partial charge on any atom is 0.187 e. The lowest BCUT2D eigenvalue weighted by molar-refractivity contribution is -0.117. The molecule has 0 saturated heterocycles. The third-order valence-corrected chi connectivity index (χ3v) is 5.65. The van der Waals surface area contributed by atoms with Crippen LogP contribution in [-0.4, -0.2) is 27.7 Å². The van der Waals surface area contributed by atoms with Crippen LogP contribution in [0.25, 0.3) is 11.3 Å². The van der Waals surface area contributed by atoms with Gasteiger partial charge in [0.15, 0.2) is 11.5 Å². The van der Waals surface area contributed by atoms with E-state index in [-0.39, 0.29) is 5.78 Å². The van der Waals surface area contributed by atoms with Gasteiger partial charge in [0.1, 0.15) is 17.2 Å². The molecule has 6 nitrogen and oxygen atoms in total. The Labute approximate surface area is 197 Å². The first-order valence-electron chi connectivity index (χ1n) is 10.5. The van der Waals surface area contributed by atoms with Gasteiger partial charge in [0, 0.05) is 48.9 Å². The molecule has 33 heavy (non-hydrogen) atoms. The van der Waals surface area contributed by atoms with Crippen molar-refractivity contribution in [1.29, 1.82) is 0 Å². The molecular formula is C26H24ClN3O3. The number of carbonyl (C=O) groups excluding carboxylic acids is 1. The smallest absolute Gasteiger partial charge is 0.187 e. The highest BCUT2D eigenvalue weighted by atomic mass is 35.5. The number of nitrogens with zero attached hydrogens (tertiary/aromatic N) is 3. The molecule has 0 radical (unpaired) electrons. The SMILES string of the molecule is COc1c(Oc2ccc(CC(=O)Cc3ccc(Cl)c(C)c3)cc2)ccnc1-c1cnn(C)c1. The van der Waals surface area contributed by atoms with E-state index in [1.165, 1.54) is 0 Å². The first-order chi connectivity index (χ1) is 15.9. The molecule has 2 aromatic heterocycles. The van der Waals surface area contributed by atoms with Crippen LogP contribution in [0.2, 0.25) is 5.02 Å². The molecule has 0 aliphatic carbocycles. The van der Waals surface area contributed by atoms with Gasteiger partial charge >= 0.3 is 0 Å². The fourth-order valence-electron chi connectivity index (χ4n) is 3.59. The molecule has 4 rings (SSSR count). The Bertz CT molecular complexity index is 1280. The normalized spacial score (nSPS) is 10.8.